The minimum atomic E-state index is -1.72. The van der Waals surface area contributed by atoms with E-state index in [4.69, 9.17) is 4.18 Å². The highest BCUT2D eigenvalue weighted by Crippen LogP contribution is 2.12. The maximum atomic E-state index is 11.6. The minimum absolute atomic E-state index is 0.540. The van der Waals surface area contributed by atoms with Gasteiger partial charge in [0.1, 0.15) is 5.75 Å². The van der Waals surface area contributed by atoms with E-state index in [0.29, 0.717) is 5.75 Å². The lowest BCUT2D eigenvalue weighted by molar-refractivity contribution is 0.564. The summed E-state index contributed by atoms with van der Waals surface area (Å²) in [4.78, 5) is 0. The first kappa shape index (κ1) is 14.2. The van der Waals surface area contributed by atoms with Crippen molar-refractivity contribution in [2.24, 2.45) is 4.40 Å². The van der Waals surface area contributed by atoms with Crippen molar-refractivity contribution in [3.05, 3.63) is 71.8 Å². The standard InChI is InChI=1S/C16H15NO2S/c1-14-9-11-16(12-10-14)19-20(18)17-13-5-8-15-6-3-2-4-7-15/h2-13H,1H3/b8-5+,17-13+. The molecule has 0 saturated carbocycles. The van der Waals surface area contributed by atoms with Crippen LogP contribution < -0.4 is 4.18 Å². The summed E-state index contributed by atoms with van der Waals surface area (Å²) in [5.41, 5.74) is 2.18. The summed E-state index contributed by atoms with van der Waals surface area (Å²) in [5.74, 6) is 0.540. The van der Waals surface area contributed by atoms with Crippen LogP contribution in [0, 0.1) is 6.92 Å². The smallest absolute Gasteiger partial charge is 0.338 e. The number of aryl methyl sites for hydroxylation is 1. The highest BCUT2D eigenvalue weighted by molar-refractivity contribution is 7.79. The molecule has 0 aromatic heterocycles. The summed E-state index contributed by atoms with van der Waals surface area (Å²) in [6, 6.07) is 17.1. The number of hydrogen-bond donors (Lipinski definition) is 0. The molecular weight excluding hydrogens is 270 g/mol. The van der Waals surface area contributed by atoms with Gasteiger partial charge in [0.05, 0.1) is 0 Å². The maximum absolute atomic E-state index is 11.6. The molecule has 1 atom stereocenters. The number of rotatable bonds is 5. The summed E-state index contributed by atoms with van der Waals surface area (Å²) < 4.78 is 20.5. The number of hydrogen-bond acceptors (Lipinski definition) is 2. The van der Waals surface area contributed by atoms with E-state index in [0.717, 1.165) is 11.1 Å². The average molecular weight is 285 g/mol. The summed E-state index contributed by atoms with van der Waals surface area (Å²) >= 11 is -1.72. The molecule has 0 saturated heterocycles. The van der Waals surface area contributed by atoms with Crippen LogP contribution in [0.4, 0.5) is 0 Å². The van der Waals surface area contributed by atoms with Crippen molar-refractivity contribution in [1.82, 2.24) is 0 Å². The first-order chi connectivity index (χ1) is 9.74. The molecule has 0 aliphatic carbocycles. The van der Waals surface area contributed by atoms with Gasteiger partial charge in [0.2, 0.25) is 0 Å². The number of allylic oxidation sites excluding steroid dienone is 1. The molecule has 4 heteroatoms. The Morgan fingerprint density at radius 1 is 1.05 bits per heavy atom. The first-order valence-electron chi connectivity index (χ1n) is 6.17. The zero-order valence-electron chi connectivity index (χ0n) is 11.1. The lowest BCUT2D eigenvalue weighted by atomic mass is 10.2. The van der Waals surface area contributed by atoms with Gasteiger partial charge < -0.3 is 4.18 Å². The Bertz CT molecular complexity index is 619. The fourth-order valence-corrected chi connectivity index (χ4v) is 1.99. The molecule has 3 nitrogen and oxygen atoms in total. The van der Waals surface area contributed by atoms with Crippen LogP contribution in [0.3, 0.4) is 0 Å². The first-order valence-corrected chi connectivity index (χ1v) is 7.20. The molecule has 0 bridgehead atoms. The molecule has 0 fully saturated rings. The largest absolute Gasteiger partial charge is 0.384 e. The minimum Gasteiger partial charge on any atom is -0.384 e. The van der Waals surface area contributed by atoms with Gasteiger partial charge in [0.25, 0.3) is 0 Å². The molecule has 2 aromatic carbocycles. The van der Waals surface area contributed by atoms with Gasteiger partial charge in [-0.15, -0.1) is 0 Å². The van der Waals surface area contributed by atoms with Gasteiger partial charge in [0.15, 0.2) is 0 Å². The van der Waals surface area contributed by atoms with E-state index in [9.17, 15) is 4.21 Å². The second-order valence-corrected chi connectivity index (χ2v) is 4.95. The van der Waals surface area contributed by atoms with Crippen LogP contribution in [0.1, 0.15) is 11.1 Å². The van der Waals surface area contributed by atoms with Gasteiger partial charge in [-0.1, -0.05) is 54.1 Å². The van der Waals surface area contributed by atoms with Crippen LogP contribution in [0.15, 0.2) is 65.1 Å². The van der Waals surface area contributed by atoms with E-state index in [1.165, 1.54) is 6.21 Å². The van der Waals surface area contributed by atoms with E-state index in [-0.39, 0.29) is 0 Å². The van der Waals surface area contributed by atoms with Crippen LogP contribution in [0.2, 0.25) is 0 Å². The fraction of sp³-hybridized carbons (Fsp3) is 0.0625. The topological polar surface area (TPSA) is 38.7 Å². The second-order valence-electron chi connectivity index (χ2n) is 4.14. The van der Waals surface area contributed by atoms with Gasteiger partial charge >= 0.3 is 11.3 Å². The third-order valence-electron chi connectivity index (χ3n) is 2.51. The molecule has 0 heterocycles. The summed E-state index contributed by atoms with van der Waals surface area (Å²) in [6.07, 6.45) is 5.08. The molecule has 1 unspecified atom stereocenters. The van der Waals surface area contributed by atoms with Crippen molar-refractivity contribution in [3.63, 3.8) is 0 Å². The summed E-state index contributed by atoms with van der Waals surface area (Å²) in [7, 11) is 0. The lowest BCUT2D eigenvalue weighted by Gasteiger charge is -2.00. The zero-order valence-corrected chi connectivity index (χ0v) is 11.9. The number of nitrogens with zero attached hydrogens (tertiary/aromatic N) is 1. The van der Waals surface area contributed by atoms with Crippen molar-refractivity contribution < 1.29 is 8.39 Å². The van der Waals surface area contributed by atoms with E-state index < -0.39 is 11.3 Å². The third kappa shape index (κ3) is 4.82. The van der Waals surface area contributed by atoms with Crippen molar-refractivity contribution >= 4 is 23.6 Å². The summed E-state index contributed by atoms with van der Waals surface area (Å²) in [5, 5.41) is 0. The summed E-state index contributed by atoms with van der Waals surface area (Å²) in [6.45, 7) is 1.98. The van der Waals surface area contributed by atoms with Crippen LogP contribution in [0.25, 0.3) is 6.08 Å². The van der Waals surface area contributed by atoms with Gasteiger partial charge in [-0.2, -0.15) is 8.61 Å². The van der Waals surface area contributed by atoms with Crippen molar-refractivity contribution in [2.75, 3.05) is 0 Å². The van der Waals surface area contributed by atoms with Gasteiger partial charge in [-0.25, -0.2) is 0 Å². The van der Waals surface area contributed by atoms with Gasteiger partial charge in [0, 0.05) is 6.21 Å². The second kappa shape index (κ2) is 7.40. The normalized spacial score (nSPS) is 12.8. The molecule has 0 spiro atoms. The van der Waals surface area contributed by atoms with Gasteiger partial charge in [-0.05, 0) is 30.7 Å². The molecule has 0 aliphatic rings. The zero-order chi connectivity index (χ0) is 14.2. The Balaban J connectivity index is 1.86. The van der Waals surface area contributed by atoms with Crippen LogP contribution in [-0.4, -0.2) is 10.4 Å². The molecule has 0 amide bonds. The van der Waals surface area contributed by atoms with Crippen LogP contribution in [-0.2, 0) is 11.3 Å². The van der Waals surface area contributed by atoms with Crippen LogP contribution >= 0.6 is 0 Å². The molecule has 0 aliphatic heterocycles. The Morgan fingerprint density at radius 2 is 1.75 bits per heavy atom. The molecule has 2 aromatic rings. The van der Waals surface area contributed by atoms with Crippen molar-refractivity contribution in [3.8, 4) is 5.75 Å². The molecule has 0 radical (unpaired) electrons. The Labute approximate surface area is 121 Å². The highest BCUT2D eigenvalue weighted by Gasteiger charge is 1.98. The fourth-order valence-electron chi connectivity index (χ4n) is 1.50. The quantitative estimate of drug-likeness (QED) is 0.785. The van der Waals surface area contributed by atoms with Gasteiger partial charge in [-0.3, -0.25) is 0 Å². The van der Waals surface area contributed by atoms with Crippen molar-refractivity contribution in [1.29, 1.82) is 0 Å². The Kier molecular flexibility index (Phi) is 5.26. The SMILES string of the molecule is Cc1ccc(OS(=O)/N=C/C=C/c2ccccc2)cc1. The van der Waals surface area contributed by atoms with E-state index >= 15 is 0 Å². The average Bonchev–Trinajstić information content (AvgIpc) is 2.47. The lowest BCUT2D eigenvalue weighted by Crippen LogP contribution is -1.96. The predicted molar refractivity (Wildman–Crippen MR) is 83.9 cm³/mol. The van der Waals surface area contributed by atoms with Crippen molar-refractivity contribution in [2.45, 2.75) is 6.92 Å². The number of benzene rings is 2. The van der Waals surface area contributed by atoms with E-state index in [2.05, 4.69) is 4.40 Å². The molecular formula is C16H15NO2S. The van der Waals surface area contributed by atoms with Crippen LogP contribution in [0.5, 0.6) is 5.75 Å². The highest BCUT2D eigenvalue weighted by atomic mass is 32.2. The molecule has 102 valence electrons. The molecule has 20 heavy (non-hydrogen) atoms. The molecule has 0 N–H and O–H groups in total. The Hall–Kier alpha value is -2.20. The Morgan fingerprint density at radius 3 is 2.45 bits per heavy atom. The molecule has 2 rings (SSSR count). The maximum Gasteiger partial charge on any atom is 0.338 e. The monoisotopic (exact) mass is 285 g/mol. The third-order valence-corrected chi connectivity index (χ3v) is 3.14. The predicted octanol–water partition coefficient (Wildman–Crippen LogP) is 3.74. The van der Waals surface area contributed by atoms with E-state index in [1.54, 1.807) is 18.2 Å². The van der Waals surface area contributed by atoms with E-state index in [1.807, 2.05) is 55.5 Å².